The highest BCUT2D eigenvalue weighted by molar-refractivity contribution is 4.79. The molecule has 104 valence electrons. The van der Waals surface area contributed by atoms with Gasteiger partial charge in [-0.3, -0.25) is 0 Å². The summed E-state index contributed by atoms with van der Waals surface area (Å²) in [6, 6.07) is -1.03. The van der Waals surface area contributed by atoms with Crippen molar-refractivity contribution in [3.05, 3.63) is 0 Å². The number of hydrogen-bond donors (Lipinski definition) is 1. The van der Waals surface area contributed by atoms with Gasteiger partial charge in [-0.1, -0.05) is 20.8 Å². The average Bonchev–Trinajstić information content (AvgIpc) is 2.20. The van der Waals surface area contributed by atoms with E-state index < -0.39 is 18.3 Å². The molecule has 0 aliphatic heterocycles. The Labute approximate surface area is 100 Å². The van der Waals surface area contributed by atoms with Crippen LogP contribution in [0.4, 0.5) is 13.2 Å². The maximum atomic E-state index is 12.5. The lowest BCUT2D eigenvalue weighted by molar-refractivity contribution is -0.229. The minimum absolute atomic E-state index is 0.0927. The largest absolute Gasteiger partial charge is 0.416 e. The molecular formula is C11H22F3NO2. The summed E-state index contributed by atoms with van der Waals surface area (Å²) < 4.78 is 47.6. The molecule has 2 atom stereocenters. The summed E-state index contributed by atoms with van der Waals surface area (Å²) in [5.41, 5.74) is 5.38. The first-order valence-electron chi connectivity index (χ1n) is 5.80. The standard InChI is InChI=1S/C11H22F3NO2/c1-4-9(15)10(11(12,13)14)17-6-5-16-7-8(2)3/h8-10H,4-7,15H2,1-3H3. The fourth-order valence-corrected chi connectivity index (χ4v) is 1.23. The SMILES string of the molecule is CCC(N)C(OCCOCC(C)C)C(F)(F)F. The summed E-state index contributed by atoms with van der Waals surface area (Å²) in [5, 5.41) is 0. The van der Waals surface area contributed by atoms with Crippen LogP contribution in [0.3, 0.4) is 0 Å². The van der Waals surface area contributed by atoms with E-state index in [1.54, 1.807) is 6.92 Å². The van der Waals surface area contributed by atoms with Crippen molar-refractivity contribution in [1.82, 2.24) is 0 Å². The van der Waals surface area contributed by atoms with Crippen LogP contribution in [0.25, 0.3) is 0 Å². The van der Waals surface area contributed by atoms with E-state index in [0.29, 0.717) is 12.5 Å². The molecule has 3 nitrogen and oxygen atoms in total. The molecule has 2 N–H and O–H groups in total. The van der Waals surface area contributed by atoms with Crippen LogP contribution in [0, 0.1) is 5.92 Å². The Balaban J connectivity index is 3.94. The average molecular weight is 257 g/mol. The second-order valence-electron chi connectivity index (χ2n) is 4.37. The molecule has 0 heterocycles. The molecule has 17 heavy (non-hydrogen) atoms. The van der Waals surface area contributed by atoms with Gasteiger partial charge in [-0.2, -0.15) is 13.2 Å². The Morgan fingerprint density at radius 1 is 1.18 bits per heavy atom. The van der Waals surface area contributed by atoms with E-state index in [4.69, 9.17) is 15.2 Å². The molecule has 0 bridgehead atoms. The maximum Gasteiger partial charge on any atom is 0.416 e. The maximum absolute atomic E-state index is 12.5. The summed E-state index contributed by atoms with van der Waals surface area (Å²) in [4.78, 5) is 0. The van der Waals surface area contributed by atoms with Gasteiger partial charge in [0.2, 0.25) is 0 Å². The van der Waals surface area contributed by atoms with Gasteiger partial charge >= 0.3 is 6.18 Å². The van der Waals surface area contributed by atoms with Gasteiger partial charge in [0.15, 0.2) is 6.10 Å². The van der Waals surface area contributed by atoms with Crippen molar-refractivity contribution in [2.24, 2.45) is 11.7 Å². The van der Waals surface area contributed by atoms with E-state index in [-0.39, 0.29) is 19.6 Å². The van der Waals surface area contributed by atoms with Crippen LogP contribution in [-0.2, 0) is 9.47 Å². The Bertz CT molecular complexity index is 198. The van der Waals surface area contributed by atoms with E-state index in [1.165, 1.54) is 0 Å². The van der Waals surface area contributed by atoms with Gasteiger partial charge in [0.1, 0.15) is 0 Å². The molecular weight excluding hydrogens is 235 g/mol. The topological polar surface area (TPSA) is 44.5 Å². The van der Waals surface area contributed by atoms with E-state index in [1.807, 2.05) is 13.8 Å². The molecule has 0 aromatic heterocycles. The molecule has 0 spiro atoms. The molecule has 0 aliphatic carbocycles. The fourth-order valence-electron chi connectivity index (χ4n) is 1.23. The third kappa shape index (κ3) is 7.57. The summed E-state index contributed by atoms with van der Waals surface area (Å²) in [7, 11) is 0. The van der Waals surface area contributed by atoms with E-state index in [2.05, 4.69) is 0 Å². The quantitative estimate of drug-likeness (QED) is 0.679. The van der Waals surface area contributed by atoms with Crippen molar-refractivity contribution in [3.63, 3.8) is 0 Å². The molecule has 2 unspecified atom stereocenters. The first-order valence-corrected chi connectivity index (χ1v) is 5.80. The monoisotopic (exact) mass is 257 g/mol. The van der Waals surface area contributed by atoms with Gasteiger partial charge in [-0.25, -0.2) is 0 Å². The summed E-state index contributed by atoms with van der Waals surface area (Å²) in [6.07, 6.45) is -6.11. The zero-order valence-corrected chi connectivity index (χ0v) is 10.6. The highest BCUT2D eigenvalue weighted by atomic mass is 19.4. The predicted octanol–water partition coefficient (Wildman–Crippen LogP) is 2.34. The zero-order chi connectivity index (χ0) is 13.5. The van der Waals surface area contributed by atoms with Crippen molar-refractivity contribution in [1.29, 1.82) is 0 Å². The lowest BCUT2D eigenvalue weighted by atomic mass is 10.1. The van der Waals surface area contributed by atoms with Gasteiger partial charge in [0, 0.05) is 12.6 Å². The minimum Gasteiger partial charge on any atom is -0.379 e. The Hall–Kier alpha value is -0.330. The second kappa shape index (κ2) is 7.89. The molecule has 0 radical (unpaired) electrons. The fraction of sp³-hybridized carbons (Fsp3) is 1.00. The normalized spacial score (nSPS) is 16.2. The summed E-state index contributed by atoms with van der Waals surface area (Å²) >= 11 is 0. The van der Waals surface area contributed by atoms with E-state index >= 15 is 0 Å². The van der Waals surface area contributed by atoms with Crippen LogP contribution in [0.1, 0.15) is 27.2 Å². The molecule has 0 aromatic carbocycles. The molecule has 0 aliphatic rings. The number of rotatable bonds is 8. The van der Waals surface area contributed by atoms with Crippen LogP contribution < -0.4 is 5.73 Å². The Morgan fingerprint density at radius 3 is 2.18 bits per heavy atom. The van der Waals surface area contributed by atoms with Crippen LogP contribution in [0.5, 0.6) is 0 Å². The molecule has 0 amide bonds. The molecule has 6 heteroatoms. The highest BCUT2D eigenvalue weighted by Crippen LogP contribution is 2.25. The lowest BCUT2D eigenvalue weighted by Gasteiger charge is -2.25. The van der Waals surface area contributed by atoms with Gasteiger partial charge in [0.25, 0.3) is 0 Å². The van der Waals surface area contributed by atoms with Crippen LogP contribution in [0.2, 0.25) is 0 Å². The number of ether oxygens (including phenoxy) is 2. The summed E-state index contributed by atoms with van der Waals surface area (Å²) in [5.74, 6) is 0.353. The molecule has 0 saturated carbocycles. The Morgan fingerprint density at radius 2 is 1.76 bits per heavy atom. The zero-order valence-electron chi connectivity index (χ0n) is 10.6. The van der Waals surface area contributed by atoms with Crippen molar-refractivity contribution in [2.75, 3.05) is 19.8 Å². The first kappa shape index (κ1) is 16.7. The molecule has 0 fully saturated rings. The number of alkyl halides is 3. The van der Waals surface area contributed by atoms with Gasteiger partial charge in [-0.15, -0.1) is 0 Å². The number of nitrogens with two attached hydrogens (primary N) is 1. The van der Waals surface area contributed by atoms with Gasteiger partial charge in [0.05, 0.1) is 13.2 Å². The molecule has 0 saturated heterocycles. The summed E-state index contributed by atoms with van der Waals surface area (Å²) in [6.45, 7) is 6.10. The van der Waals surface area contributed by atoms with Crippen molar-refractivity contribution in [3.8, 4) is 0 Å². The van der Waals surface area contributed by atoms with Crippen molar-refractivity contribution in [2.45, 2.75) is 45.5 Å². The van der Waals surface area contributed by atoms with Gasteiger partial charge in [-0.05, 0) is 12.3 Å². The highest BCUT2D eigenvalue weighted by Gasteiger charge is 2.43. The van der Waals surface area contributed by atoms with Crippen LogP contribution >= 0.6 is 0 Å². The second-order valence-corrected chi connectivity index (χ2v) is 4.37. The smallest absolute Gasteiger partial charge is 0.379 e. The minimum atomic E-state index is -4.42. The third-order valence-electron chi connectivity index (χ3n) is 2.16. The molecule has 0 rings (SSSR count). The van der Waals surface area contributed by atoms with Crippen LogP contribution in [0.15, 0.2) is 0 Å². The van der Waals surface area contributed by atoms with E-state index in [9.17, 15) is 13.2 Å². The van der Waals surface area contributed by atoms with Gasteiger partial charge < -0.3 is 15.2 Å². The van der Waals surface area contributed by atoms with Crippen molar-refractivity contribution >= 4 is 0 Å². The van der Waals surface area contributed by atoms with E-state index in [0.717, 1.165) is 0 Å². The Kier molecular flexibility index (Phi) is 7.74. The third-order valence-corrected chi connectivity index (χ3v) is 2.16. The van der Waals surface area contributed by atoms with Crippen molar-refractivity contribution < 1.29 is 22.6 Å². The first-order chi connectivity index (χ1) is 7.79. The van der Waals surface area contributed by atoms with Crippen LogP contribution in [-0.4, -0.2) is 38.1 Å². The molecule has 0 aromatic rings. The predicted molar refractivity (Wildman–Crippen MR) is 59.7 cm³/mol. The lowest BCUT2D eigenvalue weighted by Crippen LogP contribution is -2.47. The number of halogens is 3. The number of hydrogen-bond acceptors (Lipinski definition) is 3.